The van der Waals surface area contributed by atoms with Gasteiger partial charge >= 0.3 is 0 Å². The molecule has 21 heavy (non-hydrogen) atoms. The van der Waals surface area contributed by atoms with Gasteiger partial charge in [0.25, 0.3) is 0 Å². The summed E-state index contributed by atoms with van der Waals surface area (Å²) in [5.74, 6) is 0.633. The molecule has 0 aromatic carbocycles. The van der Waals surface area contributed by atoms with Gasteiger partial charge < -0.3 is 10.2 Å². The van der Waals surface area contributed by atoms with Crippen molar-refractivity contribution in [3.05, 3.63) is 11.9 Å². The van der Waals surface area contributed by atoms with Crippen molar-refractivity contribution in [3.8, 4) is 0 Å². The number of piperazine rings is 1. The lowest BCUT2D eigenvalue weighted by atomic mass is 9.86. The van der Waals surface area contributed by atoms with Crippen molar-refractivity contribution in [3.63, 3.8) is 0 Å². The van der Waals surface area contributed by atoms with Crippen LogP contribution < -0.4 is 10.2 Å². The van der Waals surface area contributed by atoms with Crippen LogP contribution in [0.5, 0.6) is 0 Å². The van der Waals surface area contributed by atoms with Crippen LogP contribution in [-0.4, -0.2) is 34.5 Å². The molecule has 1 N–H and O–H groups in total. The van der Waals surface area contributed by atoms with Gasteiger partial charge in [-0.2, -0.15) is 5.10 Å². The molecule has 4 nitrogen and oxygen atoms in total. The maximum Gasteiger partial charge on any atom is 0.0855 e. The van der Waals surface area contributed by atoms with Gasteiger partial charge in [0.2, 0.25) is 0 Å². The molecule has 2 heterocycles. The summed E-state index contributed by atoms with van der Waals surface area (Å²) in [6.07, 6.45) is 5.55. The first-order valence-corrected chi connectivity index (χ1v) is 8.50. The third-order valence-corrected chi connectivity index (χ3v) is 5.21. The van der Waals surface area contributed by atoms with E-state index in [1.54, 1.807) is 0 Å². The normalized spacial score (nSPS) is 22.0. The molecule has 1 aliphatic heterocycles. The molecular formula is C17H32N4. The smallest absolute Gasteiger partial charge is 0.0855 e. The van der Waals surface area contributed by atoms with E-state index in [0.29, 0.717) is 12.0 Å². The van der Waals surface area contributed by atoms with Crippen LogP contribution >= 0.6 is 0 Å². The van der Waals surface area contributed by atoms with Crippen molar-refractivity contribution >= 4 is 5.69 Å². The Morgan fingerprint density at radius 1 is 1.33 bits per heavy atom. The summed E-state index contributed by atoms with van der Waals surface area (Å²) in [5, 5.41) is 8.49. The molecule has 0 saturated carbocycles. The molecule has 0 spiro atoms. The van der Waals surface area contributed by atoms with Gasteiger partial charge in [-0.05, 0) is 25.2 Å². The van der Waals surface area contributed by atoms with Crippen LogP contribution in [0.15, 0.2) is 6.20 Å². The fraction of sp³-hybridized carbons (Fsp3) is 0.824. The SMILES string of the molecule is CCc1nn(C)cc1N1CC(CC)(CC)NCC1C(C)C. The highest BCUT2D eigenvalue weighted by molar-refractivity contribution is 5.52. The first kappa shape index (κ1) is 16.3. The number of hydrogen-bond acceptors (Lipinski definition) is 3. The van der Waals surface area contributed by atoms with Crippen LogP contribution in [0.4, 0.5) is 5.69 Å². The van der Waals surface area contributed by atoms with E-state index in [1.807, 2.05) is 11.7 Å². The van der Waals surface area contributed by atoms with Crippen molar-refractivity contribution in [2.45, 2.75) is 65.5 Å². The number of aromatic nitrogens is 2. The average Bonchev–Trinajstić information content (AvgIpc) is 2.87. The van der Waals surface area contributed by atoms with Gasteiger partial charge in [0.05, 0.1) is 11.4 Å². The molecule has 0 bridgehead atoms. The number of nitrogens with zero attached hydrogens (tertiary/aromatic N) is 3. The quantitative estimate of drug-likeness (QED) is 0.905. The Morgan fingerprint density at radius 2 is 2.00 bits per heavy atom. The van der Waals surface area contributed by atoms with Gasteiger partial charge in [0.15, 0.2) is 0 Å². The van der Waals surface area contributed by atoms with E-state index in [1.165, 1.54) is 24.2 Å². The van der Waals surface area contributed by atoms with Crippen LogP contribution in [0.1, 0.15) is 53.2 Å². The molecule has 0 aliphatic carbocycles. The van der Waals surface area contributed by atoms with E-state index in [9.17, 15) is 0 Å². The molecule has 0 radical (unpaired) electrons. The molecule has 1 saturated heterocycles. The topological polar surface area (TPSA) is 33.1 Å². The first-order valence-electron chi connectivity index (χ1n) is 8.50. The zero-order valence-electron chi connectivity index (χ0n) is 14.6. The summed E-state index contributed by atoms with van der Waals surface area (Å²) >= 11 is 0. The number of rotatable bonds is 5. The highest BCUT2D eigenvalue weighted by Gasteiger charge is 2.38. The summed E-state index contributed by atoms with van der Waals surface area (Å²) in [6.45, 7) is 13.6. The molecule has 1 aromatic heterocycles. The van der Waals surface area contributed by atoms with E-state index in [2.05, 4.69) is 56.1 Å². The van der Waals surface area contributed by atoms with Crippen LogP contribution in [0.3, 0.4) is 0 Å². The lowest BCUT2D eigenvalue weighted by molar-refractivity contribution is 0.227. The van der Waals surface area contributed by atoms with E-state index < -0.39 is 0 Å². The van der Waals surface area contributed by atoms with Crippen molar-refractivity contribution in [2.75, 3.05) is 18.0 Å². The Balaban J connectivity index is 2.38. The van der Waals surface area contributed by atoms with Crippen molar-refractivity contribution < 1.29 is 0 Å². The third kappa shape index (κ3) is 3.10. The van der Waals surface area contributed by atoms with Crippen LogP contribution in [0, 0.1) is 5.92 Å². The Bertz CT molecular complexity index is 459. The van der Waals surface area contributed by atoms with E-state index in [-0.39, 0.29) is 5.54 Å². The minimum absolute atomic E-state index is 0.242. The molecule has 120 valence electrons. The molecular weight excluding hydrogens is 260 g/mol. The highest BCUT2D eigenvalue weighted by atomic mass is 15.3. The maximum atomic E-state index is 4.65. The molecule has 1 fully saturated rings. The predicted octanol–water partition coefficient (Wildman–Crippen LogP) is 2.98. The van der Waals surface area contributed by atoms with Crippen molar-refractivity contribution in [1.82, 2.24) is 15.1 Å². The Morgan fingerprint density at radius 3 is 2.52 bits per heavy atom. The van der Waals surface area contributed by atoms with Gasteiger partial charge in [0.1, 0.15) is 0 Å². The average molecular weight is 292 g/mol. The number of anilines is 1. The van der Waals surface area contributed by atoms with Crippen LogP contribution in [-0.2, 0) is 13.5 Å². The summed E-state index contributed by atoms with van der Waals surface area (Å²) in [4.78, 5) is 2.62. The predicted molar refractivity (Wildman–Crippen MR) is 89.9 cm³/mol. The maximum absolute atomic E-state index is 4.65. The zero-order chi connectivity index (χ0) is 15.6. The summed E-state index contributed by atoms with van der Waals surface area (Å²) in [5.41, 5.74) is 2.81. The minimum Gasteiger partial charge on any atom is -0.362 e. The molecule has 0 amide bonds. The molecule has 1 aromatic rings. The number of hydrogen-bond donors (Lipinski definition) is 1. The Labute approximate surface area is 129 Å². The second kappa shape index (κ2) is 6.39. The van der Waals surface area contributed by atoms with E-state index >= 15 is 0 Å². The van der Waals surface area contributed by atoms with Gasteiger partial charge in [-0.1, -0.05) is 34.6 Å². The minimum atomic E-state index is 0.242. The monoisotopic (exact) mass is 292 g/mol. The van der Waals surface area contributed by atoms with Gasteiger partial charge in [-0.25, -0.2) is 0 Å². The summed E-state index contributed by atoms with van der Waals surface area (Å²) < 4.78 is 1.97. The zero-order valence-corrected chi connectivity index (χ0v) is 14.6. The number of nitrogens with one attached hydrogen (secondary N) is 1. The second-order valence-electron chi connectivity index (χ2n) is 6.80. The number of aryl methyl sites for hydroxylation is 2. The van der Waals surface area contributed by atoms with Crippen LogP contribution in [0.2, 0.25) is 0 Å². The summed E-state index contributed by atoms with van der Waals surface area (Å²) in [6, 6.07) is 0.547. The standard InChI is InChI=1S/C17H32N4/c1-7-14-16(11-20(6)19-14)21-12-17(8-2,9-3)18-10-15(21)13(4)5/h11,13,15,18H,7-10,12H2,1-6H3. The Kier molecular flexibility index (Phi) is 4.97. The largest absolute Gasteiger partial charge is 0.362 e. The van der Waals surface area contributed by atoms with Crippen molar-refractivity contribution in [2.24, 2.45) is 13.0 Å². The van der Waals surface area contributed by atoms with Gasteiger partial charge in [0, 0.05) is 37.9 Å². The molecule has 2 rings (SSSR count). The van der Waals surface area contributed by atoms with E-state index in [0.717, 1.165) is 19.5 Å². The third-order valence-electron chi connectivity index (χ3n) is 5.21. The van der Waals surface area contributed by atoms with Gasteiger partial charge in [-0.15, -0.1) is 0 Å². The highest BCUT2D eigenvalue weighted by Crippen LogP contribution is 2.32. The lowest BCUT2D eigenvalue weighted by Gasteiger charge is -2.49. The Hall–Kier alpha value is -1.03. The summed E-state index contributed by atoms with van der Waals surface area (Å²) in [7, 11) is 2.03. The second-order valence-corrected chi connectivity index (χ2v) is 6.80. The molecule has 1 atom stereocenters. The van der Waals surface area contributed by atoms with Crippen LogP contribution in [0.25, 0.3) is 0 Å². The lowest BCUT2D eigenvalue weighted by Crippen LogP contribution is -2.65. The van der Waals surface area contributed by atoms with E-state index in [4.69, 9.17) is 0 Å². The molecule has 4 heteroatoms. The van der Waals surface area contributed by atoms with Gasteiger partial charge in [-0.3, -0.25) is 4.68 Å². The van der Waals surface area contributed by atoms with Crippen molar-refractivity contribution in [1.29, 1.82) is 0 Å². The molecule has 1 unspecified atom stereocenters. The first-order chi connectivity index (χ1) is 9.96. The fourth-order valence-electron chi connectivity index (χ4n) is 3.53. The molecule has 1 aliphatic rings. The fourth-order valence-corrected chi connectivity index (χ4v) is 3.53.